The van der Waals surface area contributed by atoms with Gasteiger partial charge in [-0.1, -0.05) is 24.3 Å². The van der Waals surface area contributed by atoms with Gasteiger partial charge in [-0.2, -0.15) is 0 Å². The molecular formula is C38H39FN4O7S2. The monoisotopic (exact) mass is 746 g/mol. The summed E-state index contributed by atoms with van der Waals surface area (Å²) in [6.45, 7) is 2.02. The van der Waals surface area contributed by atoms with Gasteiger partial charge in [0.25, 0.3) is 0 Å². The zero-order valence-corrected chi connectivity index (χ0v) is 30.5. The minimum Gasteiger partial charge on any atom is -0.493 e. The molecule has 0 radical (unpaired) electrons. The first-order valence-electron chi connectivity index (χ1n) is 16.3. The number of ketones is 1. The Kier molecular flexibility index (Phi) is 12.5. The molecule has 1 saturated heterocycles. The Morgan fingerprint density at radius 1 is 0.962 bits per heavy atom. The van der Waals surface area contributed by atoms with Gasteiger partial charge in [0.1, 0.15) is 20.4 Å². The van der Waals surface area contributed by atoms with Crippen LogP contribution in [0.2, 0.25) is 0 Å². The van der Waals surface area contributed by atoms with E-state index in [1.54, 1.807) is 63.3 Å². The van der Waals surface area contributed by atoms with Crippen LogP contribution in [0.15, 0.2) is 90.2 Å². The lowest BCUT2D eigenvalue weighted by atomic mass is 9.98. The molecule has 11 nitrogen and oxygen atoms in total. The van der Waals surface area contributed by atoms with Crippen molar-refractivity contribution < 1.29 is 32.2 Å². The Hall–Kier alpha value is -5.02. The SMILES string of the molecule is COc1ccc(-c2cnc(N)c(-c3ccc(CC(=O)c4cn(CC5CCOCC5)cc(-c5ccc(F)cc5)c4=O)cn3)c2)cc1OC.CS(=O)(O)=S. The Morgan fingerprint density at radius 3 is 2.27 bits per heavy atom. The highest BCUT2D eigenvalue weighted by atomic mass is 32.8. The fourth-order valence-electron chi connectivity index (χ4n) is 5.82. The summed E-state index contributed by atoms with van der Waals surface area (Å²) in [5.74, 6) is 1.16. The highest BCUT2D eigenvalue weighted by molar-refractivity contribution is 8.29. The summed E-state index contributed by atoms with van der Waals surface area (Å²) in [6.07, 6.45) is 9.55. The summed E-state index contributed by atoms with van der Waals surface area (Å²) in [5.41, 5.74) is 10.4. The van der Waals surface area contributed by atoms with Gasteiger partial charge in [-0.25, -0.2) is 13.6 Å². The molecule has 1 aliphatic heterocycles. The molecule has 52 heavy (non-hydrogen) atoms. The summed E-state index contributed by atoms with van der Waals surface area (Å²) >= 11 is 3.91. The number of benzene rings is 2. The highest BCUT2D eigenvalue weighted by Gasteiger charge is 2.20. The molecular weight excluding hydrogens is 708 g/mol. The van der Waals surface area contributed by atoms with Crippen LogP contribution in [0.5, 0.6) is 11.5 Å². The number of hydrogen-bond acceptors (Lipinski definition) is 10. The average Bonchev–Trinajstić information content (AvgIpc) is 3.12. The van der Waals surface area contributed by atoms with Crippen LogP contribution < -0.4 is 20.6 Å². The number of nitrogens with zero attached hydrogens (tertiary/aromatic N) is 3. The predicted octanol–water partition coefficient (Wildman–Crippen LogP) is 6.07. The van der Waals surface area contributed by atoms with E-state index in [2.05, 4.69) is 21.2 Å². The molecule has 1 aliphatic rings. The molecule has 0 aliphatic carbocycles. The van der Waals surface area contributed by atoms with Crippen molar-refractivity contribution in [3.63, 3.8) is 0 Å². The van der Waals surface area contributed by atoms with E-state index in [9.17, 15) is 18.2 Å². The maximum atomic E-state index is 13.7. The Labute approximate surface area is 306 Å². The third kappa shape index (κ3) is 10.1. The van der Waals surface area contributed by atoms with E-state index in [-0.39, 0.29) is 23.2 Å². The summed E-state index contributed by atoms with van der Waals surface area (Å²) < 4.78 is 49.3. The number of halogens is 1. The van der Waals surface area contributed by atoms with Gasteiger partial charge < -0.3 is 29.1 Å². The van der Waals surface area contributed by atoms with E-state index in [0.29, 0.717) is 70.9 Å². The van der Waals surface area contributed by atoms with E-state index < -0.39 is 14.6 Å². The number of ether oxygens (including phenoxy) is 3. The van der Waals surface area contributed by atoms with Crippen LogP contribution >= 0.6 is 0 Å². The van der Waals surface area contributed by atoms with Crippen LogP contribution in [-0.2, 0) is 37.7 Å². The van der Waals surface area contributed by atoms with Gasteiger partial charge in [-0.3, -0.25) is 14.6 Å². The third-order valence-corrected chi connectivity index (χ3v) is 8.45. The molecule has 6 rings (SSSR count). The fraction of sp³-hybridized carbons (Fsp3) is 0.263. The quantitative estimate of drug-likeness (QED) is 0.160. The molecule has 4 heterocycles. The van der Waals surface area contributed by atoms with E-state index in [0.717, 1.165) is 30.2 Å². The van der Waals surface area contributed by atoms with E-state index >= 15 is 0 Å². The van der Waals surface area contributed by atoms with Crippen LogP contribution in [0, 0.1) is 11.7 Å². The molecule has 0 amide bonds. The summed E-state index contributed by atoms with van der Waals surface area (Å²) in [5, 5.41) is 0. The van der Waals surface area contributed by atoms with Crippen LogP contribution in [0.25, 0.3) is 33.5 Å². The van der Waals surface area contributed by atoms with Gasteiger partial charge in [0.2, 0.25) is 0 Å². The molecule has 0 spiro atoms. The second kappa shape index (κ2) is 17.0. The van der Waals surface area contributed by atoms with Gasteiger partial charge in [0, 0.05) is 85.1 Å². The Bertz CT molecular complexity index is 2200. The molecule has 14 heteroatoms. The number of anilines is 1. The van der Waals surface area contributed by atoms with Crippen molar-refractivity contribution in [2.24, 2.45) is 5.92 Å². The number of pyridine rings is 3. The molecule has 0 bridgehead atoms. The van der Waals surface area contributed by atoms with Crippen molar-refractivity contribution in [3.8, 4) is 45.0 Å². The predicted molar refractivity (Wildman–Crippen MR) is 202 cm³/mol. The first kappa shape index (κ1) is 38.2. The van der Waals surface area contributed by atoms with Gasteiger partial charge in [0.15, 0.2) is 22.7 Å². The van der Waals surface area contributed by atoms with Gasteiger partial charge in [0.05, 0.1) is 25.5 Å². The Morgan fingerprint density at radius 2 is 1.63 bits per heavy atom. The smallest absolute Gasteiger partial charge is 0.200 e. The molecule has 3 N–H and O–H groups in total. The van der Waals surface area contributed by atoms with E-state index in [1.165, 1.54) is 12.1 Å². The second-order valence-electron chi connectivity index (χ2n) is 12.3. The number of nitrogens with two attached hydrogens (primary N) is 1. The lowest BCUT2D eigenvalue weighted by Gasteiger charge is -2.23. The highest BCUT2D eigenvalue weighted by Crippen LogP contribution is 2.34. The Balaban J connectivity index is 0.000000979. The number of carbonyl (C=O) groups excluding carboxylic acids is 1. The van der Waals surface area contributed by atoms with Crippen molar-refractivity contribution in [2.45, 2.75) is 25.8 Å². The van der Waals surface area contributed by atoms with Crippen LogP contribution in [0.4, 0.5) is 10.2 Å². The topological polar surface area (TPSA) is 156 Å². The van der Waals surface area contributed by atoms with E-state index in [4.69, 9.17) is 24.5 Å². The standard InChI is InChI=1S/C37H35FN4O5.CH4O2S2/c1-45-34-10-6-26(17-35(34)46-2)27-16-29(37(39)41-19-27)32-9-3-24(18-40-32)15-33(43)31-22-42(20-23-11-13-47-14-12-23)21-30(36(31)44)25-4-7-28(38)8-5-25;1-5(2,3)4/h3-10,16-19,21-23H,11-15,20H2,1-2H3,(H2,39,41);1H3,(H,2,3,4). The zero-order chi connectivity index (χ0) is 37.4. The summed E-state index contributed by atoms with van der Waals surface area (Å²) in [6, 6.07) is 16.8. The van der Waals surface area contributed by atoms with Gasteiger partial charge >= 0.3 is 0 Å². The maximum Gasteiger partial charge on any atom is 0.200 e. The van der Waals surface area contributed by atoms with Crippen LogP contribution in [-0.4, -0.2) is 62.8 Å². The van der Waals surface area contributed by atoms with E-state index in [1.807, 2.05) is 28.8 Å². The molecule has 2 aromatic carbocycles. The van der Waals surface area contributed by atoms with Crippen molar-refractivity contribution in [1.29, 1.82) is 0 Å². The number of nitrogen functional groups attached to an aromatic ring is 1. The lowest BCUT2D eigenvalue weighted by Crippen LogP contribution is -2.25. The maximum absolute atomic E-state index is 13.7. The normalized spacial score (nSPS) is 14.1. The number of rotatable bonds is 10. The van der Waals surface area contributed by atoms with Crippen molar-refractivity contribution in [3.05, 3.63) is 113 Å². The number of methoxy groups -OCH3 is 2. The molecule has 3 aromatic heterocycles. The number of carbonyl (C=O) groups is 1. The molecule has 272 valence electrons. The first-order valence-corrected chi connectivity index (χ1v) is 19.1. The molecule has 5 aromatic rings. The van der Waals surface area contributed by atoms with Crippen LogP contribution in [0.1, 0.15) is 28.8 Å². The number of Topliss-reactive ketones (excluding diaryl/α,β-unsaturated/α-hetero) is 1. The van der Waals surface area contributed by atoms with Crippen molar-refractivity contribution in [2.75, 3.05) is 39.4 Å². The second-order valence-corrected chi connectivity index (χ2v) is 15.6. The van der Waals surface area contributed by atoms with Crippen molar-refractivity contribution >= 4 is 31.6 Å². The van der Waals surface area contributed by atoms with Crippen LogP contribution in [0.3, 0.4) is 0 Å². The zero-order valence-electron chi connectivity index (χ0n) is 28.9. The largest absolute Gasteiger partial charge is 0.493 e. The lowest BCUT2D eigenvalue weighted by molar-refractivity contribution is 0.0612. The van der Waals surface area contributed by atoms with Gasteiger partial charge in [-0.15, -0.1) is 0 Å². The first-order chi connectivity index (χ1) is 24.8. The molecule has 1 unspecified atom stereocenters. The minimum atomic E-state index is -2.83. The third-order valence-electron chi connectivity index (χ3n) is 8.45. The number of aromatic nitrogens is 3. The fourth-order valence-corrected chi connectivity index (χ4v) is 5.82. The summed E-state index contributed by atoms with van der Waals surface area (Å²) in [7, 11) is 0.328. The molecule has 1 fully saturated rings. The average molecular weight is 747 g/mol. The van der Waals surface area contributed by atoms with Gasteiger partial charge in [-0.05, 0) is 71.8 Å². The van der Waals surface area contributed by atoms with Crippen molar-refractivity contribution in [1.82, 2.24) is 14.5 Å². The summed E-state index contributed by atoms with van der Waals surface area (Å²) in [4.78, 5) is 36.3. The molecule has 0 saturated carbocycles. The number of hydrogen-bond donors (Lipinski definition) is 2. The minimum absolute atomic E-state index is 0.0218. The molecule has 1 atom stereocenters.